The van der Waals surface area contributed by atoms with Crippen molar-refractivity contribution < 1.29 is 0 Å². The van der Waals surface area contributed by atoms with E-state index in [9.17, 15) is 0 Å². The van der Waals surface area contributed by atoms with Gasteiger partial charge in [0.25, 0.3) is 0 Å². The molecule has 1 aromatic heterocycles. The summed E-state index contributed by atoms with van der Waals surface area (Å²) in [5, 5.41) is 7.58. The summed E-state index contributed by atoms with van der Waals surface area (Å²) in [5.74, 6) is 0. The third-order valence-corrected chi connectivity index (χ3v) is 7.54. The van der Waals surface area contributed by atoms with Gasteiger partial charge in [0.1, 0.15) is 0 Å². The van der Waals surface area contributed by atoms with E-state index < -0.39 is 0 Å². The van der Waals surface area contributed by atoms with Crippen molar-refractivity contribution in [1.82, 2.24) is 4.57 Å². The summed E-state index contributed by atoms with van der Waals surface area (Å²) in [5.41, 5.74) is 6.12. The van der Waals surface area contributed by atoms with Crippen LogP contribution in [0.2, 0.25) is 0 Å². The van der Waals surface area contributed by atoms with E-state index in [-0.39, 0.29) is 0 Å². The highest BCUT2D eigenvalue weighted by Crippen LogP contribution is 2.40. The maximum Gasteiger partial charge on any atom is 0.0547 e. The predicted molar refractivity (Wildman–Crippen MR) is 149 cm³/mol. The van der Waals surface area contributed by atoms with E-state index in [2.05, 4.69) is 142 Å². The van der Waals surface area contributed by atoms with Crippen LogP contribution in [0, 0.1) is 0 Å². The molecular weight excluding hydrogens is 478 g/mol. The SMILES string of the molecule is Brc1ccc(-n2c3ccc(-c4ccccc4)cc3c3c4ccccc4ccc32)c2ccccc12. The Labute approximate surface area is 206 Å². The molecule has 2 heteroatoms. The van der Waals surface area contributed by atoms with E-state index in [1.54, 1.807) is 0 Å². The number of rotatable bonds is 2. The summed E-state index contributed by atoms with van der Waals surface area (Å²) >= 11 is 3.75. The molecule has 160 valence electrons. The molecule has 0 aliphatic heterocycles. The van der Waals surface area contributed by atoms with Gasteiger partial charge in [0, 0.05) is 20.6 Å². The lowest BCUT2D eigenvalue weighted by atomic mass is 10.0. The predicted octanol–water partition coefficient (Wildman–Crippen LogP) is 9.52. The second-order valence-electron chi connectivity index (χ2n) is 8.73. The Bertz CT molecular complexity index is 1860. The van der Waals surface area contributed by atoms with Crippen LogP contribution < -0.4 is 0 Å². The number of hydrogen-bond acceptors (Lipinski definition) is 0. The van der Waals surface area contributed by atoms with Gasteiger partial charge in [-0.3, -0.25) is 0 Å². The lowest BCUT2D eigenvalue weighted by Gasteiger charge is -2.13. The normalized spacial score (nSPS) is 11.7. The lowest BCUT2D eigenvalue weighted by molar-refractivity contribution is 1.20. The number of hydrogen-bond donors (Lipinski definition) is 0. The van der Waals surface area contributed by atoms with Crippen LogP contribution in [0.4, 0.5) is 0 Å². The first-order valence-electron chi connectivity index (χ1n) is 11.5. The van der Waals surface area contributed by atoms with Gasteiger partial charge in [0.05, 0.1) is 16.7 Å². The molecule has 0 aliphatic carbocycles. The van der Waals surface area contributed by atoms with Crippen molar-refractivity contribution in [1.29, 1.82) is 0 Å². The fourth-order valence-corrected chi connectivity index (χ4v) is 5.78. The van der Waals surface area contributed by atoms with Crippen molar-refractivity contribution in [3.05, 3.63) is 126 Å². The zero-order valence-electron chi connectivity index (χ0n) is 18.4. The third kappa shape index (κ3) is 2.85. The Morgan fingerprint density at radius 1 is 0.471 bits per heavy atom. The second kappa shape index (κ2) is 7.58. The average Bonchev–Trinajstić information content (AvgIpc) is 3.23. The van der Waals surface area contributed by atoms with Gasteiger partial charge >= 0.3 is 0 Å². The molecule has 0 bridgehead atoms. The van der Waals surface area contributed by atoms with Crippen molar-refractivity contribution in [3.8, 4) is 16.8 Å². The van der Waals surface area contributed by atoms with Gasteiger partial charge in [-0.15, -0.1) is 0 Å². The molecule has 7 rings (SSSR count). The largest absolute Gasteiger partial charge is 0.309 e. The maximum absolute atomic E-state index is 3.75. The van der Waals surface area contributed by atoms with Gasteiger partial charge in [-0.2, -0.15) is 0 Å². The minimum absolute atomic E-state index is 1.12. The van der Waals surface area contributed by atoms with Crippen LogP contribution in [0.3, 0.4) is 0 Å². The van der Waals surface area contributed by atoms with Crippen LogP contribution in [0.1, 0.15) is 0 Å². The minimum Gasteiger partial charge on any atom is -0.309 e. The van der Waals surface area contributed by atoms with Crippen LogP contribution in [-0.2, 0) is 0 Å². The van der Waals surface area contributed by atoms with E-state index in [1.165, 1.54) is 60.2 Å². The smallest absolute Gasteiger partial charge is 0.0547 e. The number of fused-ring (bicyclic) bond motifs is 6. The van der Waals surface area contributed by atoms with E-state index in [0.29, 0.717) is 0 Å². The first-order chi connectivity index (χ1) is 16.8. The van der Waals surface area contributed by atoms with Crippen molar-refractivity contribution in [2.45, 2.75) is 0 Å². The maximum atomic E-state index is 3.75. The summed E-state index contributed by atoms with van der Waals surface area (Å²) < 4.78 is 3.55. The van der Waals surface area contributed by atoms with Crippen molar-refractivity contribution in [2.24, 2.45) is 0 Å². The highest BCUT2D eigenvalue weighted by molar-refractivity contribution is 9.10. The Morgan fingerprint density at radius 2 is 1.18 bits per heavy atom. The average molecular weight is 498 g/mol. The van der Waals surface area contributed by atoms with Crippen LogP contribution in [0.25, 0.3) is 60.2 Å². The number of aromatic nitrogens is 1. The van der Waals surface area contributed by atoms with Gasteiger partial charge in [-0.25, -0.2) is 0 Å². The Hall–Kier alpha value is -3.88. The first-order valence-corrected chi connectivity index (χ1v) is 12.3. The van der Waals surface area contributed by atoms with Crippen LogP contribution in [0.5, 0.6) is 0 Å². The van der Waals surface area contributed by atoms with Crippen molar-refractivity contribution in [3.63, 3.8) is 0 Å². The summed E-state index contributed by atoms with van der Waals surface area (Å²) in [6, 6.07) is 43.7. The van der Waals surface area contributed by atoms with E-state index in [1.807, 2.05) is 0 Å². The van der Waals surface area contributed by atoms with Crippen LogP contribution in [0.15, 0.2) is 126 Å². The molecule has 0 fully saturated rings. The molecule has 0 radical (unpaired) electrons. The first kappa shape index (κ1) is 19.6. The van der Waals surface area contributed by atoms with E-state index in [4.69, 9.17) is 0 Å². The van der Waals surface area contributed by atoms with E-state index in [0.717, 1.165) is 4.47 Å². The third-order valence-electron chi connectivity index (χ3n) is 6.85. The van der Waals surface area contributed by atoms with Gasteiger partial charge in [0.2, 0.25) is 0 Å². The number of benzene rings is 6. The fourth-order valence-electron chi connectivity index (χ4n) is 5.30. The van der Waals surface area contributed by atoms with Crippen LogP contribution >= 0.6 is 15.9 Å². The molecule has 0 aliphatic rings. The second-order valence-corrected chi connectivity index (χ2v) is 9.58. The molecule has 0 saturated heterocycles. The topological polar surface area (TPSA) is 4.93 Å². The molecule has 34 heavy (non-hydrogen) atoms. The monoisotopic (exact) mass is 497 g/mol. The fraction of sp³-hybridized carbons (Fsp3) is 0. The number of halogens is 1. The van der Waals surface area contributed by atoms with Crippen molar-refractivity contribution in [2.75, 3.05) is 0 Å². The highest BCUT2D eigenvalue weighted by Gasteiger charge is 2.17. The molecule has 0 spiro atoms. The summed E-state index contributed by atoms with van der Waals surface area (Å²) in [7, 11) is 0. The molecule has 0 atom stereocenters. The molecule has 1 heterocycles. The van der Waals surface area contributed by atoms with Crippen LogP contribution in [-0.4, -0.2) is 4.57 Å². The minimum atomic E-state index is 1.12. The molecular formula is C32H20BrN. The molecule has 0 amide bonds. The van der Waals surface area contributed by atoms with Gasteiger partial charge in [0.15, 0.2) is 0 Å². The highest BCUT2D eigenvalue weighted by atomic mass is 79.9. The molecule has 7 aromatic rings. The summed E-state index contributed by atoms with van der Waals surface area (Å²) in [6.45, 7) is 0. The Balaban J connectivity index is 1.67. The Kier molecular flexibility index (Phi) is 4.36. The molecule has 0 unspecified atom stereocenters. The molecule has 1 nitrogen and oxygen atoms in total. The quantitative estimate of drug-likeness (QED) is 0.224. The van der Waals surface area contributed by atoms with E-state index >= 15 is 0 Å². The zero-order chi connectivity index (χ0) is 22.6. The summed E-state index contributed by atoms with van der Waals surface area (Å²) in [4.78, 5) is 0. The van der Waals surface area contributed by atoms with Gasteiger partial charge in [-0.1, -0.05) is 107 Å². The zero-order valence-corrected chi connectivity index (χ0v) is 20.0. The molecule has 6 aromatic carbocycles. The number of nitrogens with zero attached hydrogens (tertiary/aromatic N) is 1. The lowest BCUT2D eigenvalue weighted by Crippen LogP contribution is -1.95. The molecule has 0 saturated carbocycles. The van der Waals surface area contributed by atoms with Crippen molar-refractivity contribution >= 4 is 59.3 Å². The molecule has 0 N–H and O–H groups in total. The van der Waals surface area contributed by atoms with Gasteiger partial charge in [-0.05, 0) is 57.6 Å². The van der Waals surface area contributed by atoms with Gasteiger partial charge < -0.3 is 4.57 Å². The Morgan fingerprint density at radius 3 is 2.03 bits per heavy atom. The summed E-state index contributed by atoms with van der Waals surface area (Å²) in [6.07, 6.45) is 0. The standard InChI is InChI=1S/C32H20BrN/c33-28-16-19-29(26-13-7-6-12-25(26)28)34-30-17-15-23(21-8-2-1-3-9-21)20-27(30)32-24-11-5-4-10-22(24)14-18-31(32)34/h1-20H.